The summed E-state index contributed by atoms with van der Waals surface area (Å²) in [4.78, 5) is 0. The fourth-order valence-electron chi connectivity index (χ4n) is 6.44. The van der Waals surface area contributed by atoms with Crippen molar-refractivity contribution in [1.82, 2.24) is 13.7 Å². The van der Waals surface area contributed by atoms with E-state index in [0.29, 0.717) is 9.13 Å². The van der Waals surface area contributed by atoms with Crippen LogP contribution in [0.4, 0.5) is 0 Å². The SMILES string of the molecule is [2H]c1c([2H])c([2H])c(-n2c3c([2H])c([2H])c([2H])c([2H])c3c3c([2H])c([2H])c([2H])c([2H])c32)c(-c2c([2H])c([2H])c([2H])c([2H])c2-n2c3c([2H])c([2H])c([2H])c([2H])c3c3c([2H])c(-n4c5c([2H])c([2H])c([2H])c([2H])c5c5c([2H])c([2H])c([2H])c([2H])c54)c([2H])c([2H])c32)c1[2H]. The maximum atomic E-state index is 10.1. The predicted octanol–water partition coefficient (Wildman–Crippen LogP) is 12.6. The van der Waals surface area contributed by atoms with Gasteiger partial charge in [-0.05, 0) is 60.4 Å². The third-order valence-corrected chi connectivity index (χ3v) is 8.47. The molecule has 3 nitrogen and oxygen atoms in total. The van der Waals surface area contributed by atoms with Gasteiger partial charge in [0.2, 0.25) is 0 Å². The van der Waals surface area contributed by atoms with Gasteiger partial charge in [-0.25, -0.2) is 0 Å². The normalized spacial score (nSPS) is 20.4. The minimum absolute atomic E-state index is 0.509. The summed E-state index contributed by atoms with van der Waals surface area (Å²) >= 11 is 0. The molecule has 0 saturated heterocycles. The van der Waals surface area contributed by atoms with Gasteiger partial charge >= 0.3 is 0 Å². The summed E-state index contributed by atoms with van der Waals surface area (Å²) in [6.07, 6.45) is 0. The van der Waals surface area contributed by atoms with Crippen LogP contribution in [0.5, 0.6) is 0 Å². The lowest BCUT2D eigenvalue weighted by atomic mass is 10.0. The molecule has 0 aliphatic heterocycles. The number of fused-ring (bicyclic) bond motifs is 9. The van der Waals surface area contributed by atoms with Crippen LogP contribution in [0.2, 0.25) is 0 Å². The average molecular weight is 681 g/mol. The van der Waals surface area contributed by atoms with Crippen molar-refractivity contribution < 1.29 is 42.5 Å². The van der Waals surface area contributed by atoms with Gasteiger partial charge in [-0.1, -0.05) is 127 Å². The standard InChI is InChI=1S/C48H31N3/c1-8-22-41-33(15-1)34-16-2-9-23-42(34)49(41)32-29-30-48-40(31-32)39-21-7-14-28-47(39)51(48)46-27-13-6-20-38(46)37-19-5-12-26-45(37)50-43-24-10-3-17-35(43)36-18-4-11-25-44(36)50/h1-31H/i1D,2D,3D,4D,5D,6D,7D,8D,9D,10D,11D,12D,13D,14D,15D,16D,17D,18D,19D,20D,21D,22D,23D,24D,25D,26D,27D,28D,29D,30D,31D. The van der Waals surface area contributed by atoms with Gasteiger partial charge in [-0.3, -0.25) is 0 Å². The van der Waals surface area contributed by atoms with E-state index in [1.54, 1.807) is 0 Å². The van der Waals surface area contributed by atoms with Crippen LogP contribution in [-0.4, -0.2) is 13.7 Å². The summed E-state index contributed by atoms with van der Waals surface area (Å²) in [5.74, 6) is 0. The highest BCUT2D eigenvalue weighted by Crippen LogP contribution is 2.41. The lowest BCUT2D eigenvalue weighted by molar-refractivity contribution is 1.15. The summed E-state index contributed by atoms with van der Waals surface area (Å²) in [7, 11) is 0. The molecule has 0 N–H and O–H groups in total. The maximum absolute atomic E-state index is 10.1. The Morgan fingerprint density at radius 1 is 0.275 bits per heavy atom. The average Bonchev–Trinajstić information content (AvgIpc) is 1.67. The molecular formula is C48H31N3. The quantitative estimate of drug-likeness (QED) is 0.176. The molecule has 0 aliphatic rings. The molecule has 3 aromatic heterocycles. The van der Waals surface area contributed by atoms with Gasteiger partial charge in [0.25, 0.3) is 0 Å². The smallest absolute Gasteiger partial charge is 0.0652 e. The fourth-order valence-corrected chi connectivity index (χ4v) is 6.44. The number of hydrogen-bond donors (Lipinski definition) is 0. The molecule has 0 spiro atoms. The van der Waals surface area contributed by atoms with Crippen LogP contribution in [0.3, 0.4) is 0 Å². The van der Waals surface area contributed by atoms with Gasteiger partial charge in [-0.15, -0.1) is 0 Å². The lowest BCUT2D eigenvalue weighted by Crippen LogP contribution is -2.01. The molecule has 8 aromatic carbocycles. The number of aromatic nitrogens is 3. The van der Waals surface area contributed by atoms with Gasteiger partial charge in [0.15, 0.2) is 0 Å². The van der Waals surface area contributed by atoms with Crippen molar-refractivity contribution in [3.8, 4) is 28.2 Å². The Hall–Kier alpha value is -6.84. The number of nitrogens with zero attached hydrogens (tertiary/aromatic N) is 3. The van der Waals surface area contributed by atoms with Crippen molar-refractivity contribution in [3.63, 3.8) is 0 Å². The molecule has 0 amide bonds. The van der Waals surface area contributed by atoms with Gasteiger partial charge in [0, 0.05) is 49.1 Å². The third kappa shape index (κ3) is 4.00. The van der Waals surface area contributed by atoms with Gasteiger partial charge < -0.3 is 13.7 Å². The highest BCUT2D eigenvalue weighted by Gasteiger charge is 2.20. The van der Waals surface area contributed by atoms with E-state index >= 15 is 0 Å². The zero-order valence-electron chi connectivity index (χ0n) is 56.3. The Bertz CT molecular complexity index is 4780. The first-order valence-corrected chi connectivity index (χ1v) is 15.0. The predicted molar refractivity (Wildman–Crippen MR) is 215 cm³/mol. The van der Waals surface area contributed by atoms with Crippen LogP contribution in [0.15, 0.2) is 187 Å². The van der Waals surface area contributed by atoms with Crippen LogP contribution in [0.25, 0.3) is 93.6 Å². The van der Waals surface area contributed by atoms with Gasteiger partial charge in [-0.2, -0.15) is 0 Å². The van der Waals surface area contributed by atoms with Crippen molar-refractivity contribution in [2.45, 2.75) is 0 Å². The maximum Gasteiger partial charge on any atom is 0.0652 e. The molecule has 11 rings (SSSR count). The zero-order chi connectivity index (χ0) is 60.4. The minimum atomic E-state index is -1.18. The minimum Gasteiger partial charge on any atom is -0.309 e. The molecular weight excluding hydrogens is 619 g/mol. The number of benzene rings is 8. The molecule has 11 aromatic rings. The molecule has 3 heteroatoms. The van der Waals surface area contributed by atoms with Crippen LogP contribution in [0, 0.1) is 0 Å². The number of hydrogen-bond acceptors (Lipinski definition) is 0. The Morgan fingerprint density at radius 2 is 0.588 bits per heavy atom. The van der Waals surface area contributed by atoms with Crippen LogP contribution < -0.4 is 0 Å². The third-order valence-electron chi connectivity index (χ3n) is 8.47. The molecule has 3 heterocycles. The number of para-hydroxylation sites is 7. The van der Waals surface area contributed by atoms with E-state index in [1.165, 1.54) is 0 Å². The van der Waals surface area contributed by atoms with Crippen LogP contribution in [0.1, 0.15) is 42.5 Å². The summed E-state index contributed by atoms with van der Waals surface area (Å²) in [6, 6.07) is -30.7. The van der Waals surface area contributed by atoms with Gasteiger partial charge in [0.1, 0.15) is 0 Å². The van der Waals surface area contributed by atoms with Crippen molar-refractivity contribution in [2.24, 2.45) is 0 Å². The van der Waals surface area contributed by atoms with E-state index in [1.807, 2.05) is 0 Å². The Labute approximate surface area is 338 Å². The van der Waals surface area contributed by atoms with E-state index in [9.17, 15) is 15.1 Å². The first-order valence-electron chi connectivity index (χ1n) is 30.5. The molecule has 0 saturated carbocycles. The molecule has 0 aliphatic carbocycles. The Morgan fingerprint density at radius 3 is 1.02 bits per heavy atom. The molecule has 0 atom stereocenters. The Kier molecular flexibility index (Phi) is 2.41. The van der Waals surface area contributed by atoms with Crippen molar-refractivity contribution >= 4 is 65.4 Å². The van der Waals surface area contributed by atoms with Crippen molar-refractivity contribution in [2.75, 3.05) is 0 Å². The lowest BCUT2D eigenvalue weighted by Gasteiger charge is -2.18. The summed E-state index contributed by atoms with van der Waals surface area (Å²) in [5, 5.41) is -3.62. The Balaban J connectivity index is 1.43. The topological polar surface area (TPSA) is 14.8 Å². The van der Waals surface area contributed by atoms with Crippen molar-refractivity contribution in [1.29, 1.82) is 0 Å². The largest absolute Gasteiger partial charge is 0.309 e. The summed E-state index contributed by atoms with van der Waals surface area (Å²) in [6.45, 7) is 0. The molecule has 0 radical (unpaired) electrons. The van der Waals surface area contributed by atoms with E-state index in [-0.39, 0.29) is 0 Å². The second kappa shape index (κ2) is 10.8. The second-order valence-electron chi connectivity index (χ2n) is 11.0. The van der Waals surface area contributed by atoms with E-state index in [0.717, 1.165) is 4.57 Å². The molecule has 0 bridgehead atoms. The molecule has 238 valence electrons. The zero-order valence-corrected chi connectivity index (χ0v) is 25.3. The summed E-state index contributed by atoms with van der Waals surface area (Å²) < 4.78 is 284. The monoisotopic (exact) mass is 680 g/mol. The fraction of sp³-hybridized carbons (Fsp3) is 0. The highest BCUT2D eigenvalue weighted by molar-refractivity contribution is 6.13. The highest BCUT2D eigenvalue weighted by atomic mass is 15.0. The van der Waals surface area contributed by atoms with Crippen LogP contribution in [-0.2, 0) is 0 Å². The van der Waals surface area contributed by atoms with Crippen molar-refractivity contribution in [3.05, 3.63) is 187 Å². The van der Waals surface area contributed by atoms with E-state index in [2.05, 4.69) is 0 Å². The first-order chi connectivity index (χ1) is 38.2. The first kappa shape index (κ1) is 11.3. The molecule has 0 fully saturated rings. The summed E-state index contributed by atoms with van der Waals surface area (Å²) in [5.41, 5.74) is -9.10. The molecule has 0 unspecified atom stereocenters. The van der Waals surface area contributed by atoms with Gasteiger partial charge in [0.05, 0.1) is 87.0 Å². The second-order valence-corrected chi connectivity index (χ2v) is 11.0. The van der Waals surface area contributed by atoms with E-state index in [4.69, 9.17) is 27.4 Å². The molecule has 51 heavy (non-hydrogen) atoms. The van der Waals surface area contributed by atoms with E-state index < -0.39 is 281 Å². The number of rotatable bonds is 4. The van der Waals surface area contributed by atoms with Crippen LogP contribution >= 0.6 is 0 Å².